The third-order valence-electron chi connectivity index (χ3n) is 6.71. The van der Waals surface area contributed by atoms with Crippen molar-refractivity contribution in [3.05, 3.63) is 60.7 Å². The summed E-state index contributed by atoms with van der Waals surface area (Å²) >= 11 is 6.85. The molecule has 1 heterocycles. The maximum absolute atomic E-state index is 14.3. The fourth-order valence-electron chi connectivity index (χ4n) is 5.17. The maximum Gasteiger partial charge on any atom is 0.222 e. The molecular weight excluding hydrogens is 763 g/mol. The van der Waals surface area contributed by atoms with Crippen molar-refractivity contribution in [1.29, 1.82) is 0 Å². The van der Waals surface area contributed by atoms with E-state index in [1.54, 1.807) is 12.1 Å². The SMILES string of the molecule is CC(C)(I)CCC(=O)N1CCC2(S(=O)(=O)c3ccc(I)cc3)c3ccc(I)cc3CCC12. The first kappa shape index (κ1) is 25.2. The van der Waals surface area contributed by atoms with Crippen LogP contribution in [-0.2, 0) is 25.8 Å². The van der Waals surface area contributed by atoms with E-state index in [0.29, 0.717) is 30.7 Å². The Morgan fingerprint density at radius 1 is 1.12 bits per heavy atom. The lowest BCUT2D eigenvalue weighted by atomic mass is 9.78. The number of fused-ring (bicyclic) bond motifs is 3. The van der Waals surface area contributed by atoms with Gasteiger partial charge < -0.3 is 4.90 Å². The molecule has 4 rings (SSSR count). The standard InChI is InChI=1S/C24H26I3NO3S/c1-23(2,27)12-11-22(29)28-14-13-24(32(30,31)19-7-4-17(25)5-8-19)20-9-6-18(26)15-16(20)3-10-21(24)28/h4-9,15,21H,3,10-14H2,1-2H3. The summed E-state index contributed by atoms with van der Waals surface area (Å²) in [6.45, 7) is 4.73. The van der Waals surface area contributed by atoms with Crippen molar-refractivity contribution >= 4 is 83.5 Å². The fourth-order valence-corrected chi connectivity index (χ4v) is 8.72. The second-order valence-corrected chi connectivity index (χ2v) is 16.9. The van der Waals surface area contributed by atoms with Crippen LogP contribution in [0.4, 0.5) is 0 Å². The molecule has 1 saturated heterocycles. The summed E-state index contributed by atoms with van der Waals surface area (Å²) in [7, 11) is -3.71. The molecule has 1 amide bonds. The number of likely N-dealkylation sites (tertiary alicyclic amines) is 1. The van der Waals surface area contributed by atoms with Gasteiger partial charge in [-0.2, -0.15) is 0 Å². The molecule has 0 saturated carbocycles. The molecule has 4 nitrogen and oxygen atoms in total. The molecule has 2 aliphatic rings. The highest BCUT2D eigenvalue weighted by Crippen LogP contribution is 2.53. The average molecular weight is 789 g/mol. The zero-order valence-corrected chi connectivity index (χ0v) is 25.4. The molecular formula is C24H26I3NO3S. The third-order valence-corrected chi connectivity index (χ3v) is 11.2. The minimum Gasteiger partial charge on any atom is -0.338 e. The Morgan fingerprint density at radius 3 is 2.44 bits per heavy atom. The lowest BCUT2D eigenvalue weighted by Crippen LogP contribution is -2.52. The van der Waals surface area contributed by atoms with Crippen LogP contribution < -0.4 is 0 Å². The van der Waals surface area contributed by atoms with Crippen LogP contribution in [0.15, 0.2) is 47.4 Å². The van der Waals surface area contributed by atoms with Crippen LogP contribution in [0.5, 0.6) is 0 Å². The van der Waals surface area contributed by atoms with Crippen LogP contribution in [0.25, 0.3) is 0 Å². The van der Waals surface area contributed by atoms with Gasteiger partial charge in [0.05, 0.1) is 10.9 Å². The molecule has 0 radical (unpaired) electrons. The predicted octanol–water partition coefficient (Wildman–Crippen LogP) is 6.11. The Balaban J connectivity index is 1.82. The molecule has 2 unspecified atom stereocenters. The van der Waals surface area contributed by atoms with Gasteiger partial charge >= 0.3 is 0 Å². The molecule has 1 fully saturated rings. The first-order valence-electron chi connectivity index (χ1n) is 10.7. The molecule has 2 atom stereocenters. The zero-order chi connectivity index (χ0) is 23.3. The number of carbonyl (C=O) groups is 1. The topological polar surface area (TPSA) is 54.5 Å². The summed E-state index contributed by atoms with van der Waals surface area (Å²) in [5.74, 6) is 0.0772. The number of hydrogen-bond donors (Lipinski definition) is 0. The number of nitrogens with zero attached hydrogens (tertiary/aromatic N) is 1. The molecule has 2 aromatic carbocycles. The highest BCUT2D eigenvalue weighted by Gasteiger charge is 2.60. The van der Waals surface area contributed by atoms with E-state index >= 15 is 0 Å². The lowest BCUT2D eigenvalue weighted by molar-refractivity contribution is -0.132. The molecule has 0 N–H and O–H groups in total. The van der Waals surface area contributed by atoms with Gasteiger partial charge in [-0.15, -0.1) is 0 Å². The zero-order valence-electron chi connectivity index (χ0n) is 18.1. The van der Waals surface area contributed by atoms with E-state index < -0.39 is 14.6 Å². The van der Waals surface area contributed by atoms with Crippen molar-refractivity contribution in [1.82, 2.24) is 4.90 Å². The average Bonchev–Trinajstić information content (AvgIpc) is 3.13. The lowest BCUT2D eigenvalue weighted by Gasteiger charge is -2.42. The molecule has 0 aromatic heterocycles. The van der Waals surface area contributed by atoms with Crippen LogP contribution in [0, 0.1) is 7.14 Å². The molecule has 172 valence electrons. The van der Waals surface area contributed by atoms with Crippen molar-refractivity contribution in [2.45, 2.75) is 65.1 Å². The van der Waals surface area contributed by atoms with Gasteiger partial charge in [-0.05, 0) is 118 Å². The van der Waals surface area contributed by atoms with Crippen molar-refractivity contribution in [3.8, 4) is 0 Å². The van der Waals surface area contributed by atoms with E-state index in [1.807, 2.05) is 29.2 Å². The number of benzene rings is 2. The predicted molar refractivity (Wildman–Crippen MR) is 153 cm³/mol. The number of alkyl halides is 1. The number of halogens is 3. The van der Waals surface area contributed by atoms with Gasteiger partial charge in [0.2, 0.25) is 5.91 Å². The molecule has 2 aromatic rings. The number of carbonyl (C=O) groups excluding carboxylic acids is 1. The normalized spacial score (nSPS) is 23.0. The fraction of sp³-hybridized carbons (Fsp3) is 0.458. The second kappa shape index (κ2) is 9.25. The van der Waals surface area contributed by atoms with Crippen molar-refractivity contribution in [2.75, 3.05) is 6.54 Å². The van der Waals surface area contributed by atoms with E-state index in [9.17, 15) is 13.2 Å². The Morgan fingerprint density at radius 2 is 1.78 bits per heavy atom. The van der Waals surface area contributed by atoms with Crippen molar-refractivity contribution in [3.63, 3.8) is 0 Å². The second-order valence-electron chi connectivity index (χ2n) is 9.26. The van der Waals surface area contributed by atoms with Gasteiger partial charge in [0, 0.05) is 23.5 Å². The smallest absolute Gasteiger partial charge is 0.222 e. The first-order chi connectivity index (χ1) is 15.0. The van der Waals surface area contributed by atoms with Crippen LogP contribution in [0.3, 0.4) is 0 Å². The molecule has 0 spiro atoms. The molecule has 1 aliphatic carbocycles. The summed E-state index contributed by atoms with van der Waals surface area (Å²) in [6, 6.07) is 12.9. The highest BCUT2D eigenvalue weighted by atomic mass is 127. The monoisotopic (exact) mass is 789 g/mol. The Hall–Kier alpha value is 0.0500. The van der Waals surface area contributed by atoms with E-state index in [-0.39, 0.29) is 15.4 Å². The molecule has 0 bridgehead atoms. The quantitative estimate of drug-likeness (QED) is 0.272. The van der Waals surface area contributed by atoms with E-state index in [1.165, 1.54) is 0 Å². The van der Waals surface area contributed by atoms with Crippen LogP contribution in [-0.4, -0.2) is 35.2 Å². The Bertz CT molecular complexity index is 1140. The summed E-state index contributed by atoms with van der Waals surface area (Å²) < 4.78 is 29.6. The Kier molecular flexibility index (Phi) is 7.27. The van der Waals surface area contributed by atoms with Gasteiger partial charge in [-0.1, -0.05) is 42.5 Å². The minimum atomic E-state index is -3.71. The molecule has 8 heteroatoms. The van der Waals surface area contributed by atoms with Crippen molar-refractivity contribution < 1.29 is 13.2 Å². The van der Waals surface area contributed by atoms with Crippen molar-refractivity contribution in [2.24, 2.45) is 0 Å². The number of amides is 1. The van der Waals surface area contributed by atoms with Crippen LogP contribution >= 0.6 is 67.8 Å². The van der Waals surface area contributed by atoms with E-state index in [0.717, 1.165) is 31.1 Å². The van der Waals surface area contributed by atoms with Gasteiger partial charge in [-0.3, -0.25) is 4.79 Å². The van der Waals surface area contributed by atoms with Gasteiger partial charge in [-0.25, -0.2) is 8.42 Å². The number of sulfone groups is 1. The van der Waals surface area contributed by atoms with E-state index in [2.05, 4.69) is 87.7 Å². The first-order valence-corrected chi connectivity index (χ1v) is 15.5. The summed E-state index contributed by atoms with van der Waals surface area (Å²) in [5.41, 5.74) is 1.99. The summed E-state index contributed by atoms with van der Waals surface area (Å²) in [6.07, 6.45) is 3.14. The summed E-state index contributed by atoms with van der Waals surface area (Å²) in [5, 5.41) is 0. The van der Waals surface area contributed by atoms with Gasteiger partial charge in [0.25, 0.3) is 0 Å². The summed E-state index contributed by atoms with van der Waals surface area (Å²) in [4.78, 5) is 15.5. The highest BCUT2D eigenvalue weighted by molar-refractivity contribution is 14.1. The van der Waals surface area contributed by atoms with E-state index in [4.69, 9.17) is 0 Å². The van der Waals surface area contributed by atoms with Crippen LogP contribution in [0.1, 0.15) is 50.7 Å². The van der Waals surface area contributed by atoms with Crippen LogP contribution in [0.2, 0.25) is 0 Å². The number of hydrogen-bond acceptors (Lipinski definition) is 3. The Labute approximate surface area is 231 Å². The maximum atomic E-state index is 14.3. The van der Waals surface area contributed by atoms with Gasteiger partial charge in [0.1, 0.15) is 4.75 Å². The number of aryl methyl sites for hydroxylation is 1. The third kappa shape index (κ3) is 4.50. The number of rotatable bonds is 5. The largest absolute Gasteiger partial charge is 0.338 e. The molecule has 1 aliphatic heterocycles. The van der Waals surface area contributed by atoms with Gasteiger partial charge in [0.15, 0.2) is 9.84 Å². The molecule has 32 heavy (non-hydrogen) atoms. The minimum absolute atomic E-state index is 0.0351.